The van der Waals surface area contributed by atoms with Gasteiger partial charge in [0, 0.05) is 6.08 Å². The van der Waals surface area contributed by atoms with E-state index in [0.29, 0.717) is 0 Å². The molecule has 0 atom stereocenters. The van der Waals surface area contributed by atoms with E-state index in [9.17, 15) is 23.1 Å². The molecule has 0 radical (unpaired) electrons. The molecule has 0 unspecified atom stereocenters. The van der Waals surface area contributed by atoms with Gasteiger partial charge >= 0.3 is 0 Å². The van der Waals surface area contributed by atoms with Gasteiger partial charge in [-0.2, -0.15) is 8.78 Å². The van der Waals surface area contributed by atoms with Crippen LogP contribution < -0.4 is 5.11 Å². The number of carbonyl (C=O) groups excluding carboxylic acids is 1. The molecule has 3 nitrogen and oxygen atoms in total. The maximum Gasteiger partial charge on any atom is 0.286 e. The maximum atomic E-state index is 12.4. The molecule has 0 aromatic rings. The summed E-state index contributed by atoms with van der Waals surface area (Å²) in [7, 11) is 0. The van der Waals surface area contributed by atoms with E-state index in [0.717, 1.165) is 0 Å². The molecule has 0 spiro atoms. The Bertz CT molecular complexity index is 239. The molecule has 68 valence electrons. The topological polar surface area (TPSA) is 43.4 Å². The highest BCUT2D eigenvalue weighted by atomic mass is 19.3. The molecule has 0 saturated carbocycles. The van der Waals surface area contributed by atoms with E-state index < -0.39 is 30.9 Å². The summed E-state index contributed by atoms with van der Waals surface area (Å²) in [5, 5.41) is 10.1. The Morgan fingerprint density at radius 3 is 2.67 bits per heavy atom. The van der Waals surface area contributed by atoms with Gasteiger partial charge in [0.25, 0.3) is 5.92 Å². The van der Waals surface area contributed by atoms with Crippen LogP contribution in [0.2, 0.25) is 0 Å². The minimum atomic E-state index is -3.43. The zero-order valence-corrected chi connectivity index (χ0v) is 5.89. The van der Waals surface area contributed by atoms with Crippen molar-refractivity contribution in [3.8, 4) is 0 Å². The quantitative estimate of drug-likeness (QED) is 0.532. The summed E-state index contributed by atoms with van der Waals surface area (Å²) >= 11 is 0. The van der Waals surface area contributed by atoms with Crippen LogP contribution in [0.4, 0.5) is 18.0 Å². The van der Waals surface area contributed by atoms with Gasteiger partial charge in [-0.25, -0.2) is 4.39 Å². The number of hydrogen-bond donors (Lipinski definition) is 0. The van der Waals surface area contributed by atoms with Crippen LogP contribution in [-0.2, 0) is 0 Å². The lowest BCUT2D eigenvalue weighted by atomic mass is 10.2. The second-order valence-electron chi connectivity index (χ2n) is 2.47. The second-order valence-corrected chi connectivity index (χ2v) is 2.47. The standard InChI is InChI=1S/C6H6F3NO2/c7-4-1-6(8,9)3-10(2-4)5(11)12/h1H,2-3H2,(H,11,12)/p-1. The van der Waals surface area contributed by atoms with Crippen LogP contribution >= 0.6 is 0 Å². The molecule has 0 aliphatic carbocycles. The molecule has 1 heterocycles. The molecule has 1 aliphatic rings. The van der Waals surface area contributed by atoms with Gasteiger partial charge in [0.15, 0.2) is 0 Å². The molecule has 1 aliphatic heterocycles. The van der Waals surface area contributed by atoms with Gasteiger partial charge in [-0.15, -0.1) is 0 Å². The Labute approximate surface area is 66.1 Å². The predicted molar refractivity (Wildman–Crippen MR) is 31.1 cm³/mol. The minimum absolute atomic E-state index is 0.117. The van der Waals surface area contributed by atoms with E-state index in [1.807, 2.05) is 0 Å². The van der Waals surface area contributed by atoms with E-state index >= 15 is 0 Å². The maximum absolute atomic E-state index is 12.4. The van der Waals surface area contributed by atoms with Crippen LogP contribution in [0.5, 0.6) is 0 Å². The Kier molecular flexibility index (Phi) is 1.99. The monoisotopic (exact) mass is 180 g/mol. The van der Waals surface area contributed by atoms with E-state index in [1.54, 1.807) is 0 Å². The molecule has 1 rings (SSSR count). The van der Waals surface area contributed by atoms with E-state index in [4.69, 9.17) is 0 Å². The normalized spacial score (nSPS) is 21.9. The summed E-state index contributed by atoms with van der Waals surface area (Å²) < 4.78 is 37.2. The highest BCUT2D eigenvalue weighted by molar-refractivity contribution is 5.63. The van der Waals surface area contributed by atoms with Crippen molar-refractivity contribution >= 4 is 6.09 Å². The Morgan fingerprint density at radius 1 is 1.67 bits per heavy atom. The van der Waals surface area contributed by atoms with Crippen molar-refractivity contribution in [3.05, 3.63) is 11.9 Å². The molecule has 6 heteroatoms. The minimum Gasteiger partial charge on any atom is -0.530 e. The van der Waals surface area contributed by atoms with Crippen LogP contribution in [0.3, 0.4) is 0 Å². The largest absolute Gasteiger partial charge is 0.530 e. The van der Waals surface area contributed by atoms with Crippen molar-refractivity contribution in [3.63, 3.8) is 0 Å². The highest BCUT2D eigenvalue weighted by Crippen LogP contribution is 2.24. The number of hydrogen-bond acceptors (Lipinski definition) is 2. The molecule has 0 saturated heterocycles. The molecular formula is C6H5F3NO2-. The van der Waals surface area contributed by atoms with E-state index in [-0.39, 0.29) is 11.0 Å². The molecule has 12 heavy (non-hydrogen) atoms. The van der Waals surface area contributed by atoms with Gasteiger partial charge in [0.2, 0.25) is 0 Å². The van der Waals surface area contributed by atoms with Gasteiger partial charge < -0.3 is 14.8 Å². The van der Waals surface area contributed by atoms with Gasteiger partial charge in [0.1, 0.15) is 11.9 Å². The Hall–Kier alpha value is -1.20. The van der Waals surface area contributed by atoms with Gasteiger partial charge in [-0.05, 0) is 0 Å². The van der Waals surface area contributed by atoms with Crippen LogP contribution in [-0.4, -0.2) is 30.0 Å². The van der Waals surface area contributed by atoms with Crippen molar-refractivity contribution in [1.29, 1.82) is 0 Å². The molecule has 0 aromatic heterocycles. The summed E-state index contributed by atoms with van der Waals surface area (Å²) in [5.74, 6) is -4.59. The van der Waals surface area contributed by atoms with Crippen molar-refractivity contribution < 1.29 is 23.1 Å². The van der Waals surface area contributed by atoms with Crippen LogP contribution in [0.25, 0.3) is 0 Å². The number of carbonyl (C=O) groups is 1. The zero-order valence-electron chi connectivity index (χ0n) is 5.89. The second kappa shape index (κ2) is 2.69. The fourth-order valence-electron chi connectivity index (χ4n) is 0.942. The smallest absolute Gasteiger partial charge is 0.286 e. The molecular weight excluding hydrogens is 175 g/mol. The molecule has 0 N–H and O–H groups in total. The summed E-state index contributed by atoms with van der Waals surface area (Å²) in [6.07, 6.45) is -1.68. The van der Waals surface area contributed by atoms with Gasteiger partial charge in [-0.3, -0.25) is 0 Å². The third kappa shape index (κ3) is 1.90. The first-order valence-corrected chi connectivity index (χ1v) is 3.12. The van der Waals surface area contributed by atoms with E-state index in [2.05, 4.69) is 0 Å². The van der Waals surface area contributed by atoms with Crippen molar-refractivity contribution in [1.82, 2.24) is 4.90 Å². The highest BCUT2D eigenvalue weighted by Gasteiger charge is 2.34. The number of amides is 1. The lowest BCUT2D eigenvalue weighted by Gasteiger charge is -2.31. The summed E-state index contributed by atoms with van der Waals surface area (Å²) in [5.41, 5.74) is 0. The van der Waals surface area contributed by atoms with Crippen LogP contribution in [0.1, 0.15) is 0 Å². The summed E-state index contributed by atoms with van der Waals surface area (Å²) in [6.45, 7) is -1.69. The number of carboxylic acid groups (broad SMARTS) is 1. The molecule has 1 amide bonds. The number of nitrogens with zero attached hydrogens (tertiary/aromatic N) is 1. The number of alkyl halides is 2. The lowest BCUT2D eigenvalue weighted by molar-refractivity contribution is -0.268. The number of rotatable bonds is 0. The first kappa shape index (κ1) is 8.89. The fraction of sp³-hybridized carbons (Fsp3) is 0.500. The average Bonchev–Trinajstić information content (AvgIpc) is 1.82. The van der Waals surface area contributed by atoms with Crippen molar-refractivity contribution in [2.45, 2.75) is 5.92 Å². The average molecular weight is 180 g/mol. The zero-order chi connectivity index (χ0) is 9.35. The lowest BCUT2D eigenvalue weighted by Crippen LogP contribution is -2.49. The Balaban J connectivity index is 2.79. The fourth-order valence-corrected chi connectivity index (χ4v) is 0.942. The van der Waals surface area contributed by atoms with E-state index in [1.165, 1.54) is 0 Å². The van der Waals surface area contributed by atoms with Crippen LogP contribution in [0.15, 0.2) is 11.9 Å². The number of halogens is 3. The molecule has 0 aromatic carbocycles. The SMILES string of the molecule is O=C([O-])N1CC(F)=CC(F)(F)C1. The van der Waals surface area contributed by atoms with Gasteiger partial charge in [0.05, 0.1) is 13.1 Å². The predicted octanol–water partition coefficient (Wildman–Crippen LogP) is 0.134. The Morgan fingerprint density at radius 2 is 2.25 bits per heavy atom. The first-order chi connectivity index (χ1) is 5.41. The summed E-state index contributed by atoms with van der Waals surface area (Å²) in [4.78, 5) is 10.3. The van der Waals surface area contributed by atoms with Crippen molar-refractivity contribution in [2.24, 2.45) is 0 Å². The summed E-state index contributed by atoms with van der Waals surface area (Å²) in [6, 6.07) is 0. The molecule has 0 fully saturated rings. The van der Waals surface area contributed by atoms with Gasteiger partial charge in [-0.1, -0.05) is 0 Å². The van der Waals surface area contributed by atoms with Crippen LogP contribution in [0, 0.1) is 0 Å². The molecule has 0 bridgehead atoms. The first-order valence-electron chi connectivity index (χ1n) is 3.12. The third-order valence-electron chi connectivity index (χ3n) is 1.37. The third-order valence-corrected chi connectivity index (χ3v) is 1.37. The van der Waals surface area contributed by atoms with Crippen molar-refractivity contribution in [2.75, 3.05) is 13.1 Å².